The number of benzene rings is 1. The number of phenolic OH excluding ortho intramolecular Hbond substituents is 1. The molecule has 2 nitrogen and oxygen atoms in total. The lowest BCUT2D eigenvalue weighted by Crippen LogP contribution is -2.10. The molecule has 1 atom stereocenters. The molecule has 1 aromatic carbocycles. The smallest absolute Gasteiger partial charge is 0.139 e. The number of thiophene rings is 1. The number of aromatic hydroxyl groups is 1. The Morgan fingerprint density at radius 1 is 1.33 bits per heavy atom. The van der Waals surface area contributed by atoms with Crippen LogP contribution in [0.15, 0.2) is 35.0 Å². The molecule has 2 aromatic rings. The van der Waals surface area contributed by atoms with E-state index in [-0.39, 0.29) is 11.8 Å². The number of hydrogen-bond acceptors (Lipinski definition) is 3. The fourth-order valence-electron chi connectivity index (χ4n) is 1.41. The van der Waals surface area contributed by atoms with Crippen LogP contribution in [0, 0.1) is 0 Å². The van der Waals surface area contributed by atoms with Crippen molar-refractivity contribution >= 4 is 22.9 Å². The molecule has 0 saturated heterocycles. The molecule has 0 aliphatic carbocycles. The third-order valence-corrected chi connectivity index (χ3v) is 3.26. The van der Waals surface area contributed by atoms with Crippen molar-refractivity contribution in [1.82, 2.24) is 0 Å². The van der Waals surface area contributed by atoms with E-state index in [1.807, 2.05) is 16.8 Å². The minimum absolute atomic E-state index is 0.0675. The summed E-state index contributed by atoms with van der Waals surface area (Å²) in [6, 6.07) is 6.82. The fraction of sp³-hybridized carbons (Fsp3) is 0.0909. The van der Waals surface area contributed by atoms with Crippen LogP contribution >= 0.6 is 22.9 Å². The van der Waals surface area contributed by atoms with Gasteiger partial charge in [0.2, 0.25) is 0 Å². The third kappa shape index (κ3) is 2.00. The van der Waals surface area contributed by atoms with Gasteiger partial charge in [-0.25, -0.2) is 0 Å². The largest absolute Gasteiger partial charge is 0.506 e. The molecule has 4 heteroatoms. The molecule has 0 saturated carbocycles. The monoisotopic (exact) mass is 239 g/mol. The summed E-state index contributed by atoms with van der Waals surface area (Å²) < 4.78 is 0. The Kier molecular flexibility index (Phi) is 2.95. The Bertz CT molecular complexity index is 456. The Morgan fingerprint density at radius 3 is 2.80 bits per heavy atom. The highest BCUT2D eigenvalue weighted by Gasteiger charge is 2.14. The summed E-state index contributed by atoms with van der Waals surface area (Å²) in [7, 11) is 0. The van der Waals surface area contributed by atoms with Gasteiger partial charge in [0.1, 0.15) is 5.75 Å². The standard InChI is InChI=1S/C11H10ClNOS/c12-9-3-1-2-8(11(9)14)10(13)7-4-5-15-6-7/h1-6,10,14H,13H2/t10-/m0/s1. The average molecular weight is 240 g/mol. The van der Waals surface area contributed by atoms with Crippen LogP contribution in [0.5, 0.6) is 5.75 Å². The second-order valence-electron chi connectivity index (χ2n) is 3.21. The van der Waals surface area contributed by atoms with E-state index in [4.69, 9.17) is 17.3 Å². The molecule has 15 heavy (non-hydrogen) atoms. The first-order valence-electron chi connectivity index (χ1n) is 4.45. The average Bonchev–Trinajstić information content (AvgIpc) is 2.74. The van der Waals surface area contributed by atoms with Gasteiger partial charge in [-0.15, -0.1) is 0 Å². The highest BCUT2D eigenvalue weighted by atomic mass is 35.5. The first kappa shape index (κ1) is 10.5. The van der Waals surface area contributed by atoms with Crippen LogP contribution in [0.3, 0.4) is 0 Å². The molecule has 1 heterocycles. The van der Waals surface area contributed by atoms with Gasteiger partial charge in [-0.05, 0) is 28.5 Å². The minimum Gasteiger partial charge on any atom is -0.506 e. The highest BCUT2D eigenvalue weighted by Crippen LogP contribution is 2.33. The third-order valence-electron chi connectivity index (χ3n) is 2.26. The zero-order valence-corrected chi connectivity index (χ0v) is 9.42. The minimum atomic E-state index is -0.324. The highest BCUT2D eigenvalue weighted by molar-refractivity contribution is 7.08. The topological polar surface area (TPSA) is 46.2 Å². The van der Waals surface area contributed by atoms with Gasteiger partial charge in [-0.2, -0.15) is 11.3 Å². The van der Waals surface area contributed by atoms with Crippen LogP contribution in [0.2, 0.25) is 5.02 Å². The molecule has 2 rings (SSSR count). The Labute approximate surface area is 96.9 Å². The molecule has 78 valence electrons. The molecular formula is C11H10ClNOS. The maximum absolute atomic E-state index is 9.76. The zero-order valence-electron chi connectivity index (χ0n) is 7.85. The van der Waals surface area contributed by atoms with Gasteiger partial charge in [0.15, 0.2) is 0 Å². The lowest BCUT2D eigenvalue weighted by Gasteiger charge is -2.12. The summed E-state index contributed by atoms with van der Waals surface area (Å²) in [5, 5.41) is 14.0. The Morgan fingerprint density at radius 2 is 2.13 bits per heavy atom. The van der Waals surface area contributed by atoms with Gasteiger partial charge < -0.3 is 10.8 Å². The summed E-state index contributed by atoms with van der Waals surface area (Å²) >= 11 is 7.39. The van der Waals surface area contributed by atoms with Gasteiger partial charge in [0.05, 0.1) is 11.1 Å². The molecule has 0 spiro atoms. The van der Waals surface area contributed by atoms with Crippen LogP contribution < -0.4 is 5.73 Å². The number of hydrogen-bond donors (Lipinski definition) is 2. The van der Waals surface area contributed by atoms with Crippen molar-refractivity contribution in [2.45, 2.75) is 6.04 Å². The number of phenols is 1. The molecule has 1 aromatic heterocycles. The fourth-order valence-corrected chi connectivity index (χ4v) is 2.29. The van der Waals surface area contributed by atoms with Crippen molar-refractivity contribution in [1.29, 1.82) is 0 Å². The van der Waals surface area contributed by atoms with Crippen molar-refractivity contribution in [3.8, 4) is 5.75 Å². The molecule has 0 aliphatic heterocycles. The van der Waals surface area contributed by atoms with Crippen molar-refractivity contribution in [2.24, 2.45) is 5.73 Å². The van der Waals surface area contributed by atoms with E-state index in [0.29, 0.717) is 10.6 Å². The lowest BCUT2D eigenvalue weighted by atomic mass is 10.0. The maximum Gasteiger partial charge on any atom is 0.139 e. The first-order valence-corrected chi connectivity index (χ1v) is 5.77. The second kappa shape index (κ2) is 4.23. The summed E-state index contributed by atoms with van der Waals surface area (Å²) in [5.74, 6) is 0.0675. The quantitative estimate of drug-likeness (QED) is 0.846. The van der Waals surface area contributed by atoms with Crippen LogP contribution in [0.4, 0.5) is 0 Å². The van der Waals surface area contributed by atoms with Crippen molar-refractivity contribution in [2.75, 3.05) is 0 Å². The predicted octanol–water partition coefficient (Wildman–Crippen LogP) is 3.16. The van der Waals surface area contributed by atoms with Crippen LogP contribution in [-0.4, -0.2) is 5.11 Å². The molecule has 3 N–H and O–H groups in total. The second-order valence-corrected chi connectivity index (χ2v) is 4.40. The van der Waals surface area contributed by atoms with Gasteiger partial charge in [0, 0.05) is 5.56 Å². The van der Waals surface area contributed by atoms with Crippen molar-refractivity contribution in [3.05, 3.63) is 51.2 Å². The van der Waals surface area contributed by atoms with Gasteiger partial charge >= 0.3 is 0 Å². The van der Waals surface area contributed by atoms with E-state index in [1.54, 1.807) is 29.5 Å². The van der Waals surface area contributed by atoms with Gasteiger partial charge in [-0.1, -0.05) is 23.7 Å². The zero-order chi connectivity index (χ0) is 10.8. The molecule has 0 radical (unpaired) electrons. The normalized spacial score (nSPS) is 12.7. The van der Waals surface area contributed by atoms with Gasteiger partial charge in [-0.3, -0.25) is 0 Å². The molecule has 0 aliphatic rings. The van der Waals surface area contributed by atoms with Gasteiger partial charge in [0.25, 0.3) is 0 Å². The number of rotatable bonds is 2. The Hall–Kier alpha value is -1.03. The summed E-state index contributed by atoms with van der Waals surface area (Å²) in [4.78, 5) is 0. The molecular weight excluding hydrogens is 230 g/mol. The van der Waals surface area contributed by atoms with E-state index < -0.39 is 0 Å². The van der Waals surface area contributed by atoms with E-state index in [2.05, 4.69) is 0 Å². The first-order chi connectivity index (χ1) is 7.20. The van der Waals surface area contributed by atoms with E-state index in [0.717, 1.165) is 5.56 Å². The molecule has 0 unspecified atom stereocenters. The maximum atomic E-state index is 9.76. The molecule has 0 amide bonds. The van der Waals surface area contributed by atoms with E-state index in [1.165, 1.54) is 0 Å². The number of halogens is 1. The summed E-state index contributed by atoms with van der Waals surface area (Å²) in [6.45, 7) is 0. The van der Waals surface area contributed by atoms with Crippen molar-refractivity contribution in [3.63, 3.8) is 0 Å². The van der Waals surface area contributed by atoms with Crippen LogP contribution in [0.1, 0.15) is 17.2 Å². The predicted molar refractivity (Wildman–Crippen MR) is 63.5 cm³/mol. The Balaban J connectivity index is 2.42. The van der Waals surface area contributed by atoms with E-state index >= 15 is 0 Å². The summed E-state index contributed by atoms with van der Waals surface area (Å²) in [5.41, 5.74) is 7.66. The van der Waals surface area contributed by atoms with Crippen LogP contribution in [-0.2, 0) is 0 Å². The van der Waals surface area contributed by atoms with Crippen LogP contribution in [0.25, 0.3) is 0 Å². The lowest BCUT2D eigenvalue weighted by molar-refractivity contribution is 0.465. The molecule has 0 fully saturated rings. The van der Waals surface area contributed by atoms with E-state index in [9.17, 15) is 5.11 Å². The number of para-hydroxylation sites is 1. The number of nitrogens with two attached hydrogens (primary N) is 1. The van der Waals surface area contributed by atoms with Crippen molar-refractivity contribution < 1.29 is 5.11 Å². The SMILES string of the molecule is N[C@@H](c1ccsc1)c1cccc(Cl)c1O. The summed E-state index contributed by atoms with van der Waals surface area (Å²) in [6.07, 6.45) is 0. The molecule has 0 bridgehead atoms.